The molecule has 1 fully saturated rings. The van der Waals surface area contributed by atoms with Crippen LogP contribution in [-0.2, 0) is 11.2 Å². The van der Waals surface area contributed by atoms with Gasteiger partial charge in [-0.1, -0.05) is 0 Å². The molecule has 4 heteroatoms. The van der Waals surface area contributed by atoms with Crippen LogP contribution < -0.4 is 11.3 Å². The third-order valence-corrected chi connectivity index (χ3v) is 3.98. The Hall–Kier alpha value is -0.420. The van der Waals surface area contributed by atoms with Gasteiger partial charge in [0, 0.05) is 6.04 Å². The second-order valence-electron chi connectivity index (χ2n) is 4.51. The number of hydrogen-bond donors (Lipinski definition) is 2. The fourth-order valence-electron chi connectivity index (χ4n) is 2.26. The maximum Gasteiger partial charge on any atom is 0.0746 e. The quantitative estimate of drug-likeness (QED) is 0.612. The molecule has 3 unspecified atom stereocenters. The van der Waals surface area contributed by atoms with Crippen LogP contribution in [0.25, 0.3) is 0 Å². The number of hydrazine groups is 1. The van der Waals surface area contributed by atoms with E-state index in [9.17, 15) is 0 Å². The Kier molecular flexibility index (Phi) is 4.35. The summed E-state index contributed by atoms with van der Waals surface area (Å²) in [5.41, 5.74) is 4.30. The second-order valence-corrected chi connectivity index (χ2v) is 5.29. The molecule has 16 heavy (non-hydrogen) atoms. The van der Waals surface area contributed by atoms with Gasteiger partial charge in [-0.15, -0.1) is 0 Å². The van der Waals surface area contributed by atoms with Crippen molar-refractivity contribution in [2.24, 2.45) is 5.84 Å². The molecular weight excluding hydrogens is 220 g/mol. The van der Waals surface area contributed by atoms with E-state index >= 15 is 0 Å². The van der Waals surface area contributed by atoms with E-state index < -0.39 is 0 Å². The summed E-state index contributed by atoms with van der Waals surface area (Å²) < 4.78 is 5.84. The second kappa shape index (κ2) is 5.77. The van der Waals surface area contributed by atoms with Gasteiger partial charge < -0.3 is 4.74 Å². The Balaban J connectivity index is 1.81. The van der Waals surface area contributed by atoms with Gasteiger partial charge in [0.2, 0.25) is 0 Å². The Labute approximate surface area is 101 Å². The third kappa shape index (κ3) is 3.04. The first-order valence-corrected chi connectivity index (χ1v) is 6.86. The number of nitrogens with one attached hydrogen (secondary N) is 1. The number of rotatable bonds is 5. The van der Waals surface area contributed by atoms with Crippen molar-refractivity contribution >= 4 is 11.3 Å². The van der Waals surface area contributed by atoms with Crippen molar-refractivity contribution in [2.45, 2.75) is 50.9 Å². The molecule has 3 nitrogen and oxygen atoms in total. The number of ether oxygens (including phenoxy) is 1. The van der Waals surface area contributed by atoms with Gasteiger partial charge in [-0.3, -0.25) is 11.3 Å². The lowest BCUT2D eigenvalue weighted by atomic mass is 10.0. The van der Waals surface area contributed by atoms with Gasteiger partial charge in [0.1, 0.15) is 0 Å². The van der Waals surface area contributed by atoms with E-state index in [0.717, 1.165) is 25.7 Å². The zero-order chi connectivity index (χ0) is 11.4. The smallest absolute Gasteiger partial charge is 0.0746 e. The van der Waals surface area contributed by atoms with Crippen LogP contribution in [0.3, 0.4) is 0 Å². The average molecular weight is 240 g/mol. The van der Waals surface area contributed by atoms with Crippen LogP contribution in [0, 0.1) is 0 Å². The lowest BCUT2D eigenvalue weighted by Gasteiger charge is -2.22. The fourth-order valence-corrected chi connectivity index (χ4v) is 2.97. The summed E-state index contributed by atoms with van der Waals surface area (Å²) in [6.07, 6.45) is 5.08. The highest BCUT2D eigenvalue weighted by molar-refractivity contribution is 7.07. The van der Waals surface area contributed by atoms with Crippen LogP contribution in [-0.4, -0.2) is 18.2 Å². The number of thiophene rings is 1. The Morgan fingerprint density at radius 3 is 3.06 bits per heavy atom. The molecule has 0 aliphatic carbocycles. The molecule has 0 amide bonds. The van der Waals surface area contributed by atoms with E-state index in [0.29, 0.717) is 12.2 Å². The predicted octanol–water partition coefficient (Wildman–Crippen LogP) is 2.08. The van der Waals surface area contributed by atoms with Crippen molar-refractivity contribution in [1.82, 2.24) is 5.43 Å². The van der Waals surface area contributed by atoms with E-state index in [4.69, 9.17) is 10.6 Å². The van der Waals surface area contributed by atoms with Gasteiger partial charge in [-0.2, -0.15) is 11.3 Å². The van der Waals surface area contributed by atoms with E-state index in [1.54, 1.807) is 11.3 Å². The highest BCUT2D eigenvalue weighted by Crippen LogP contribution is 2.23. The van der Waals surface area contributed by atoms with Gasteiger partial charge in [0.15, 0.2) is 0 Å². The first-order chi connectivity index (χ1) is 7.79. The van der Waals surface area contributed by atoms with Crippen molar-refractivity contribution in [3.05, 3.63) is 22.4 Å². The lowest BCUT2D eigenvalue weighted by molar-refractivity contribution is 0.0301. The normalized spacial score (nSPS) is 27.1. The van der Waals surface area contributed by atoms with Gasteiger partial charge in [0.25, 0.3) is 0 Å². The van der Waals surface area contributed by atoms with Crippen LogP contribution in [0.4, 0.5) is 0 Å². The molecule has 0 bridgehead atoms. The fraction of sp³-hybridized carbons (Fsp3) is 0.667. The molecule has 0 spiro atoms. The number of hydrogen-bond acceptors (Lipinski definition) is 4. The molecule has 1 aliphatic rings. The molecule has 1 aromatic heterocycles. The zero-order valence-corrected chi connectivity index (χ0v) is 10.5. The molecule has 3 atom stereocenters. The highest BCUT2D eigenvalue weighted by Gasteiger charge is 2.28. The molecule has 0 aromatic carbocycles. The standard InChI is InChI=1S/C12H20N2OS/c1-9-2-5-12(15-9)11(14-13)4-3-10-6-7-16-8-10/h6-9,11-12,14H,2-5,13H2,1H3. The van der Waals surface area contributed by atoms with Crippen molar-refractivity contribution < 1.29 is 4.74 Å². The topological polar surface area (TPSA) is 47.3 Å². The van der Waals surface area contributed by atoms with Gasteiger partial charge in [0.05, 0.1) is 12.2 Å². The maximum absolute atomic E-state index is 5.84. The third-order valence-electron chi connectivity index (χ3n) is 3.25. The van der Waals surface area contributed by atoms with Crippen LogP contribution in [0.2, 0.25) is 0 Å². The van der Waals surface area contributed by atoms with Crippen LogP contribution in [0.15, 0.2) is 16.8 Å². The molecule has 0 radical (unpaired) electrons. The minimum atomic E-state index is 0.282. The summed E-state index contributed by atoms with van der Waals surface area (Å²) in [5.74, 6) is 5.61. The summed E-state index contributed by atoms with van der Waals surface area (Å²) in [6.45, 7) is 2.13. The molecule has 2 heterocycles. The number of aryl methyl sites for hydroxylation is 1. The largest absolute Gasteiger partial charge is 0.374 e. The minimum absolute atomic E-state index is 0.282. The molecule has 1 aliphatic heterocycles. The monoisotopic (exact) mass is 240 g/mol. The summed E-state index contributed by atoms with van der Waals surface area (Å²) in [7, 11) is 0. The lowest BCUT2D eigenvalue weighted by Crippen LogP contribution is -2.44. The maximum atomic E-state index is 5.84. The van der Waals surface area contributed by atoms with E-state index in [1.165, 1.54) is 5.56 Å². The van der Waals surface area contributed by atoms with Crippen molar-refractivity contribution in [1.29, 1.82) is 0 Å². The molecule has 90 valence electrons. The Morgan fingerprint density at radius 1 is 1.62 bits per heavy atom. The minimum Gasteiger partial charge on any atom is -0.374 e. The van der Waals surface area contributed by atoms with E-state index in [-0.39, 0.29) is 6.04 Å². The zero-order valence-electron chi connectivity index (χ0n) is 9.69. The van der Waals surface area contributed by atoms with Gasteiger partial charge >= 0.3 is 0 Å². The van der Waals surface area contributed by atoms with Crippen LogP contribution in [0.1, 0.15) is 31.7 Å². The number of nitrogens with two attached hydrogens (primary N) is 1. The Morgan fingerprint density at radius 2 is 2.50 bits per heavy atom. The molecule has 1 saturated heterocycles. The molecule has 3 N–H and O–H groups in total. The van der Waals surface area contributed by atoms with Gasteiger partial charge in [-0.25, -0.2) is 0 Å². The summed E-state index contributed by atoms with van der Waals surface area (Å²) in [5, 5.41) is 4.32. The van der Waals surface area contributed by atoms with E-state index in [2.05, 4.69) is 29.2 Å². The summed E-state index contributed by atoms with van der Waals surface area (Å²) in [6, 6.07) is 2.46. The molecular formula is C12H20N2OS. The predicted molar refractivity (Wildman–Crippen MR) is 67.3 cm³/mol. The highest BCUT2D eigenvalue weighted by atomic mass is 32.1. The van der Waals surface area contributed by atoms with Crippen molar-refractivity contribution in [3.63, 3.8) is 0 Å². The SMILES string of the molecule is CC1CCC(C(CCc2ccsc2)NN)O1. The average Bonchev–Trinajstić information content (AvgIpc) is 2.91. The van der Waals surface area contributed by atoms with Gasteiger partial charge in [-0.05, 0) is 55.0 Å². The molecule has 2 rings (SSSR count). The van der Waals surface area contributed by atoms with Crippen molar-refractivity contribution in [2.75, 3.05) is 0 Å². The van der Waals surface area contributed by atoms with Crippen molar-refractivity contribution in [3.8, 4) is 0 Å². The van der Waals surface area contributed by atoms with Crippen LogP contribution >= 0.6 is 11.3 Å². The first-order valence-electron chi connectivity index (χ1n) is 5.92. The molecule has 0 saturated carbocycles. The summed E-state index contributed by atoms with van der Waals surface area (Å²) >= 11 is 1.75. The Bertz CT molecular complexity index is 302. The summed E-state index contributed by atoms with van der Waals surface area (Å²) in [4.78, 5) is 0. The van der Waals surface area contributed by atoms with E-state index in [1.807, 2.05) is 0 Å². The molecule has 1 aromatic rings. The first kappa shape index (κ1) is 12.0. The van der Waals surface area contributed by atoms with Crippen LogP contribution in [0.5, 0.6) is 0 Å².